The fraction of sp³-hybridized carbons (Fsp3) is 0.0800. The molecule has 4 rings (SSSR count). The molecule has 0 amide bonds. The standard InChI is InChI=1S/C25H20O5/c1-3-17-8-10-18(11-9-17)15-28-19-12-13-20-23(14-19)29-16-24(25(20)26)30-22-7-5-4-6-21(22)27-2/h3-14,16H,1,15H2,2H3. The summed E-state index contributed by atoms with van der Waals surface area (Å²) in [5.74, 6) is 1.66. The summed E-state index contributed by atoms with van der Waals surface area (Å²) in [5.41, 5.74) is 2.24. The summed E-state index contributed by atoms with van der Waals surface area (Å²) in [4.78, 5) is 12.8. The number of hydrogen-bond acceptors (Lipinski definition) is 5. The van der Waals surface area contributed by atoms with Crippen molar-refractivity contribution in [1.82, 2.24) is 0 Å². The molecule has 0 aliphatic rings. The molecule has 5 nitrogen and oxygen atoms in total. The van der Waals surface area contributed by atoms with Gasteiger partial charge in [0.1, 0.15) is 24.2 Å². The Morgan fingerprint density at radius 1 is 0.967 bits per heavy atom. The largest absolute Gasteiger partial charge is 0.493 e. The van der Waals surface area contributed by atoms with Crippen LogP contribution in [0.5, 0.6) is 23.0 Å². The van der Waals surface area contributed by atoms with Gasteiger partial charge in [-0.3, -0.25) is 4.79 Å². The first-order valence-corrected chi connectivity index (χ1v) is 9.38. The molecule has 0 aliphatic carbocycles. The smallest absolute Gasteiger partial charge is 0.235 e. The van der Waals surface area contributed by atoms with E-state index in [0.29, 0.717) is 34.8 Å². The molecule has 0 saturated heterocycles. The molecule has 0 N–H and O–H groups in total. The normalized spacial score (nSPS) is 10.6. The van der Waals surface area contributed by atoms with Gasteiger partial charge in [0.25, 0.3) is 0 Å². The van der Waals surface area contributed by atoms with Crippen molar-refractivity contribution >= 4 is 17.0 Å². The lowest BCUT2D eigenvalue weighted by Crippen LogP contribution is -2.05. The minimum absolute atomic E-state index is 0.0861. The maximum atomic E-state index is 12.8. The second-order valence-electron chi connectivity index (χ2n) is 6.57. The Morgan fingerprint density at radius 3 is 2.47 bits per heavy atom. The van der Waals surface area contributed by atoms with E-state index < -0.39 is 0 Å². The highest BCUT2D eigenvalue weighted by Crippen LogP contribution is 2.30. The highest BCUT2D eigenvalue weighted by molar-refractivity contribution is 5.79. The molecule has 1 heterocycles. The zero-order chi connectivity index (χ0) is 20.9. The molecule has 3 aromatic carbocycles. The number of ether oxygens (including phenoxy) is 3. The quantitative estimate of drug-likeness (QED) is 0.391. The van der Waals surface area contributed by atoms with Crippen molar-refractivity contribution in [2.24, 2.45) is 0 Å². The van der Waals surface area contributed by atoms with Crippen LogP contribution >= 0.6 is 0 Å². The van der Waals surface area contributed by atoms with E-state index in [-0.39, 0.29) is 11.2 Å². The van der Waals surface area contributed by atoms with Crippen LogP contribution in [0.1, 0.15) is 11.1 Å². The van der Waals surface area contributed by atoms with Crippen LogP contribution in [0.3, 0.4) is 0 Å². The van der Waals surface area contributed by atoms with Gasteiger partial charge in [0.2, 0.25) is 11.2 Å². The number of fused-ring (bicyclic) bond motifs is 1. The van der Waals surface area contributed by atoms with Gasteiger partial charge >= 0.3 is 0 Å². The minimum atomic E-state index is -0.270. The lowest BCUT2D eigenvalue weighted by Gasteiger charge is -2.10. The molecule has 0 radical (unpaired) electrons. The molecular formula is C25H20O5. The van der Waals surface area contributed by atoms with E-state index >= 15 is 0 Å². The summed E-state index contributed by atoms with van der Waals surface area (Å²) >= 11 is 0. The molecule has 0 aliphatic heterocycles. The highest BCUT2D eigenvalue weighted by atomic mass is 16.5. The topological polar surface area (TPSA) is 57.9 Å². The summed E-state index contributed by atoms with van der Waals surface area (Å²) in [6, 6.07) is 20.1. The maximum absolute atomic E-state index is 12.8. The number of benzene rings is 3. The van der Waals surface area contributed by atoms with E-state index in [4.69, 9.17) is 18.6 Å². The Balaban J connectivity index is 1.54. The van der Waals surface area contributed by atoms with Gasteiger partial charge < -0.3 is 18.6 Å². The van der Waals surface area contributed by atoms with Crippen molar-refractivity contribution in [3.63, 3.8) is 0 Å². The predicted molar refractivity (Wildman–Crippen MR) is 116 cm³/mol. The fourth-order valence-corrected chi connectivity index (χ4v) is 2.99. The number of methoxy groups -OCH3 is 1. The van der Waals surface area contributed by atoms with Crippen molar-refractivity contribution in [1.29, 1.82) is 0 Å². The monoisotopic (exact) mass is 400 g/mol. The van der Waals surface area contributed by atoms with Crippen LogP contribution in [0, 0.1) is 0 Å². The van der Waals surface area contributed by atoms with Gasteiger partial charge in [-0.1, -0.05) is 49.1 Å². The van der Waals surface area contributed by atoms with Gasteiger partial charge in [-0.15, -0.1) is 0 Å². The van der Waals surface area contributed by atoms with Crippen molar-refractivity contribution < 1.29 is 18.6 Å². The predicted octanol–water partition coefficient (Wildman–Crippen LogP) is 5.82. The summed E-state index contributed by atoms with van der Waals surface area (Å²) in [7, 11) is 1.54. The summed E-state index contributed by atoms with van der Waals surface area (Å²) in [6.07, 6.45) is 3.09. The first kappa shape index (κ1) is 19.3. The van der Waals surface area contributed by atoms with Crippen molar-refractivity contribution in [2.75, 3.05) is 7.11 Å². The molecule has 150 valence electrons. The Kier molecular flexibility index (Phi) is 5.52. The van der Waals surface area contributed by atoms with E-state index in [1.165, 1.54) is 6.26 Å². The average Bonchev–Trinajstić information content (AvgIpc) is 2.80. The lowest BCUT2D eigenvalue weighted by atomic mass is 10.1. The van der Waals surface area contributed by atoms with E-state index in [9.17, 15) is 4.79 Å². The van der Waals surface area contributed by atoms with Gasteiger partial charge in [-0.2, -0.15) is 0 Å². The van der Waals surface area contributed by atoms with Gasteiger partial charge in [-0.25, -0.2) is 0 Å². The van der Waals surface area contributed by atoms with Gasteiger partial charge in [0.15, 0.2) is 11.5 Å². The summed E-state index contributed by atoms with van der Waals surface area (Å²) < 4.78 is 22.5. The van der Waals surface area contributed by atoms with Crippen LogP contribution in [-0.2, 0) is 6.61 Å². The summed E-state index contributed by atoms with van der Waals surface area (Å²) in [6.45, 7) is 4.15. The van der Waals surface area contributed by atoms with Crippen molar-refractivity contribution in [3.05, 3.63) is 101 Å². The third kappa shape index (κ3) is 4.05. The Bertz CT molecular complexity index is 1240. The van der Waals surface area contributed by atoms with Crippen LogP contribution in [0.4, 0.5) is 0 Å². The Labute approximate surface area is 173 Å². The van der Waals surface area contributed by atoms with E-state index in [1.807, 2.05) is 30.3 Å². The van der Waals surface area contributed by atoms with Gasteiger partial charge in [0, 0.05) is 6.07 Å². The molecule has 5 heteroatoms. The molecule has 0 saturated carbocycles. The van der Waals surface area contributed by atoms with E-state index in [0.717, 1.165) is 11.1 Å². The van der Waals surface area contributed by atoms with Gasteiger partial charge in [-0.05, 0) is 35.4 Å². The first-order chi connectivity index (χ1) is 14.7. The second-order valence-corrected chi connectivity index (χ2v) is 6.57. The Morgan fingerprint density at radius 2 is 1.73 bits per heavy atom. The van der Waals surface area contributed by atoms with Crippen LogP contribution in [0.15, 0.2) is 88.8 Å². The lowest BCUT2D eigenvalue weighted by molar-refractivity contribution is 0.306. The van der Waals surface area contributed by atoms with Crippen LogP contribution < -0.4 is 19.6 Å². The van der Waals surface area contributed by atoms with Crippen LogP contribution in [-0.4, -0.2) is 7.11 Å². The highest BCUT2D eigenvalue weighted by Gasteiger charge is 2.12. The van der Waals surface area contributed by atoms with Crippen LogP contribution in [0.2, 0.25) is 0 Å². The maximum Gasteiger partial charge on any atom is 0.235 e. The van der Waals surface area contributed by atoms with E-state index in [2.05, 4.69) is 6.58 Å². The third-order valence-corrected chi connectivity index (χ3v) is 4.62. The summed E-state index contributed by atoms with van der Waals surface area (Å²) in [5, 5.41) is 0.407. The molecule has 30 heavy (non-hydrogen) atoms. The van der Waals surface area contributed by atoms with Crippen molar-refractivity contribution in [2.45, 2.75) is 6.61 Å². The number of para-hydroxylation sites is 2. The van der Waals surface area contributed by atoms with Crippen LogP contribution in [0.25, 0.3) is 17.0 Å². The molecular weight excluding hydrogens is 380 g/mol. The zero-order valence-corrected chi connectivity index (χ0v) is 16.5. The molecule has 0 spiro atoms. The molecule has 0 unspecified atom stereocenters. The SMILES string of the molecule is C=Cc1ccc(COc2ccc3c(=O)c(Oc4ccccc4OC)coc3c2)cc1. The van der Waals surface area contributed by atoms with Gasteiger partial charge in [0.05, 0.1) is 12.5 Å². The Hall–Kier alpha value is -3.99. The minimum Gasteiger partial charge on any atom is -0.493 e. The second kappa shape index (κ2) is 8.57. The molecule has 0 atom stereocenters. The number of rotatable bonds is 7. The van der Waals surface area contributed by atoms with E-state index in [1.54, 1.807) is 49.6 Å². The molecule has 0 fully saturated rings. The molecule has 1 aromatic heterocycles. The zero-order valence-electron chi connectivity index (χ0n) is 16.5. The number of hydrogen-bond donors (Lipinski definition) is 0. The fourth-order valence-electron chi connectivity index (χ4n) is 2.99. The first-order valence-electron chi connectivity index (χ1n) is 9.38. The molecule has 4 aromatic rings. The third-order valence-electron chi connectivity index (χ3n) is 4.62. The average molecular weight is 400 g/mol. The molecule has 0 bridgehead atoms. The van der Waals surface area contributed by atoms with Crippen molar-refractivity contribution in [3.8, 4) is 23.0 Å².